The van der Waals surface area contributed by atoms with Crippen molar-refractivity contribution in [3.8, 4) is 0 Å². The van der Waals surface area contributed by atoms with Crippen molar-refractivity contribution in [3.63, 3.8) is 0 Å². The second-order valence-corrected chi connectivity index (χ2v) is 9.96. The Balaban J connectivity index is 1.63. The van der Waals surface area contributed by atoms with Gasteiger partial charge in [0.2, 0.25) is 10.0 Å². The molecule has 1 aromatic carbocycles. The van der Waals surface area contributed by atoms with E-state index in [1.807, 2.05) is 7.05 Å². The lowest BCUT2D eigenvalue weighted by atomic mass is 9.91. The summed E-state index contributed by atoms with van der Waals surface area (Å²) in [6.45, 7) is 2.52. The van der Waals surface area contributed by atoms with Gasteiger partial charge in [0.1, 0.15) is 0 Å². The number of carbonyl (C=O) groups is 1. The Bertz CT molecular complexity index is 773. The number of nitrogens with zero attached hydrogens (tertiary/aromatic N) is 3. The van der Waals surface area contributed by atoms with Crippen LogP contribution in [0.15, 0.2) is 24.3 Å². The van der Waals surface area contributed by atoms with Gasteiger partial charge in [-0.1, -0.05) is 25.0 Å². The van der Waals surface area contributed by atoms with Gasteiger partial charge in [0.15, 0.2) is 0 Å². The standard InChI is InChI=1S/C20H31N3O4S/c1-21-11-13-23(14-12-21)28(26,27)15-16-7-9-17(10-8-16)20(25)22(2)18-5-3-4-6-19(18)24/h7-10,18-19,24H,3-6,11-15H2,1-2H3/t18-,19-/m1/s1. The highest BCUT2D eigenvalue weighted by molar-refractivity contribution is 7.88. The lowest BCUT2D eigenvalue weighted by molar-refractivity contribution is 0.0268. The molecule has 0 radical (unpaired) electrons. The molecule has 2 atom stereocenters. The van der Waals surface area contributed by atoms with E-state index in [0.29, 0.717) is 24.2 Å². The number of carbonyl (C=O) groups excluding carboxylic acids is 1. The molecule has 1 aliphatic carbocycles. The summed E-state index contributed by atoms with van der Waals surface area (Å²) in [6.07, 6.45) is 3.07. The summed E-state index contributed by atoms with van der Waals surface area (Å²) in [6, 6.07) is 6.64. The number of benzene rings is 1. The number of aliphatic hydroxyl groups excluding tert-OH is 1. The highest BCUT2D eigenvalue weighted by atomic mass is 32.2. The highest BCUT2D eigenvalue weighted by Crippen LogP contribution is 2.24. The zero-order chi connectivity index (χ0) is 20.3. The lowest BCUT2D eigenvalue weighted by Crippen LogP contribution is -2.47. The Labute approximate surface area is 168 Å². The molecule has 2 fully saturated rings. The van der Waals surface area contributed by atoms with Crippen molar-refractivity contribution < 1.29 is 18.3 Å². The highest BCUT2D eigenvalue weighted by Gasteiger charge is 2.30. The topological polar surface area (TPSA) is 81.2 Å². The van der Waals surface area contributed by atoms with E-state index in [2.05, 4.69) is 4.90 Å². The Morgan fingerprint density at radius 2 is 1.71 bits per heavy atom. The first-order chi connectivity index (χ1) is 13.3. The maximum atomic E-state index is 12.7. The minimum Gasteiger partial charge on any atom is -0.391 e. The average molecular weight is 410 g/mol. The predicted octanol–water partition coefficient (Wildman–Crippen LogP) is 1.14. The summed E-state index contributed by atoms with van der Waals surface area (Å²) in [5, 5.41) is 10.2. The minimum absolute atomic E-state index is 0.0532. The minimum atomic E-state index is -3.36. The summed E-state index contributed by atoms with van der Waals surface area (Å²) in [5.74, 6) is -0.193. The third kappa shape index (κ3) is 4.92. The van der Waals surface area contributed by atoms with E-state index in [9.17, 15) is 18.3 Å². The number of hydrogen-bond acceptors (Lipinski definition) is 5. The summed E-state index contributed by atoms with van der Waals surface area (Å²) >= 11 is 0. The van der Waals surface area contributed by atoms with Gasteiger partial charge in [0.05, 0.1) is 17.9 Å². The van der Waals surface area contributed by atoms with Crippen LogP contribution in [0.1, 0.15) is 41.6 Å². The molecule has 1 saturated carbocycles. The third-order valence-electron chi connectivity index (χ3n) is 5.92. The van der Waals surface area contributed by atoms with Crippen LogP contribution in [0.3, 0.4) is 0 Å². The van der Waals surface area contributed by atoms with E-state index in [1.54, 1.807) is 40.5 Å². The smallest absolute Gasteiger partial charge is 0.253 e. The maximum absolute atomic E-state index is 12.7. The third-order valence-corrected chi connectivity index (χ3v) is 7.77. The number of aliphatic hydroxyl groups is 1. The molecule has 1 N–H and O–H groups in total. The van der Waals surface area contributed by atoms with E-state index >= 15 is 0 Å². The first-order valence-corrected chi connectivity index (χ1v) is 11.6. The Morgan fingerprint density at radius 1 is 1.11 bits per heavy atom. The zero-order valence-electron chi connectivity index (χ0n) is 16.7. The van der Waals surface area contributed by atoms with E-state index in [-0.39, 0.29) is 17.7 Å². The fourth-order valence-electron chi connectivity index (χ4n) is 4.01. The molecule has 0 bridgehead atoms. The second-order valence-electron chi connectivity index (χ2n) is 7.99. The van der Waals surface area contributed by atoms with Crippen LogP contribution in [-0.4, -0.2) is 86.0 Å². The Morgan fingerprint density at radius 3 is 2.32 bits per heavy atom. The summed E-state index contributed by atoms with van der Waals surface area (Å²) in [4.78, 5) is 16.5. The maximum Gasteiger partial charge on any atom is 0.253 e. The van der Waals surface area contributed by atoms with Crippen LogP contribution in [0.4, 0.5) is 0 Å². The van der Waals surface area contributed by atoms with Crippen molar-refractivity contribution in [1.82, 2.24) is 14.1 Å². The molecule has 156 valence electrons. The number of amides is 1. The van der Waals surface area contributed by atoms with Crippen molar-refractivity contribution in [3.05, 3.63) is 35.4 Å². The van der Waals surface area contributed by atoms with E-state index in [4.69, 9.17) is 0 Å². The molecule has 0 aromatic heterocycles. The Hall–Kier alpha value is -1.48. The summed E-state index contributed by atoms with van der Waals surface area (Å²) < 4.78 is 26.8. The van der Waals surface area contributed by atoms with Gasteiger partial charge in [-0.15, -0.1) is 0 Å². The second kappa shape index (κ2) is 8.90. The van der Waals surface area contributed by atoms with Crippen LogP contribution in [0.2, 0.25) is 0 Å². The van der Waals surface area contributed by atoms with Crippen molar-refractivity contribution in [2.24, 2.45) is 0 Å². The van der Waals surface area contributed by atoms with Crippen LogP contribution in [0.5, 0.6) is 0 Å². The van der Waals surface area contributed by atoms with Gasteiger partial charge in [0.25, 0.3) is 5.91 Å². The van der Waals surface area contributed by atoms with Crippen LogP contribution in [0, 0.1) is 0 Å². The van der Waals surface area contributed by atoms with Crippen molar-refractivity contribution in [1.29, 1.82) is 0 Å². The zero-order valence-corrected chi connectivity index (χ0v) is 17.6. The van der Waals surface area contributed by atoms with Crippen LogP contribution in [0.25, 0.3) is 0 Å². The van der Waals surface area contributed by atoms with Crippen LogP contribution >= 0.6 is 0 Å². The van der Waals surface area contributed by atoms with Gasteiger partial charge >= 0.3 is 0 Å². The molecule has 2 aliphatic rings. The van der Waals surface area contributed by atoms with Gasteiger partial charge in [-0.05, 0) is 37.6 Å². The van der Waals surface area contributed by atoms with Crippen molar-refractivity contribution in [2.45, 2.75) is 43.6 Å². The van der Waals surface area contributed by atoms with E-state index in [0.717, 1.165) is 38.8 Å². The van der Waals surface area contributed by atoms with Gasteiger partial charge in [0, 0.05) is 38.8 Å². The molecular formula is C20H31N3O4S. The van der Waals surface area contributed by atoms with E-state index in [1.165, 1.54) is 0 Å². The average Bonchev–Trinajstić information content (AvgIpc) is 2.68. The molecule has 1 aromatic rings. The molecule has 0 spiro atoms. The number of piperazine rings is 1. The van der Waals surface area contributed by atoms with Gasteiger partial charge < -0.3 is 14.9 Å². The van der Waals surface area contributed by atoms with E-state index < -0.39 is 16.1 Å². The van der Waals surface area contributed by atoms with Gasteiger partial charge in [-0.3, -0.25) is 4.79 Å². The largest absolute Gasteiger partial charge is 0.391 e. The summed E-state index contributed by atoms with van der Waals surface area (Å²) in [5.41, 5.74) is 1.19. The molecule has 7 nitrogen and oxygen atoms in total. The van der Waals surface area contributed by atoms with Crippen molar-refractivity contribution in [2.75, 3.05) is 40.3 Å². The molecule has 1 heterocycles. The Kier molecular flexibility index (Phi) is 6.75. The van der Waals surface area contributed by atoms with Crippen LogP contribution in [-0.2, 0) is 15.8 Å². The number of hydrogen-bond donors (Lipinski definition) is 1. The quantitative estimate of drug-likeness (QED) is 0.789. The number of likely N-dealkylation sites (N-methyl/N-ethyl adjacent to an activating group) is 2. The number of rotatable bonds is 5. The van der Waals surface area contributed by atoms with Gasteiger partial charge in [-0.2, -0.15) is 4.31 Å². The fourth-order valence-corrected chi connectivity index (χ4v) is 5.53. The first kappa shape index (κ1) is 21.2. The van der Waals surface area contributed by atoms with Crippen LogP contribution < -0.4 is 0 Å². The lowest BCUT2D eigenvalue weighted by Gasteiger charge is -2.35. The molecule has 0 unspecified atom stereocenters. The number of sulfonamides is 1. The molecule has 1 saturated heterocycles. The normalized spacial score (nSPS) is 24.8. The predicted molar refractivity (Wildman–Crippen MR) is 108 cm³/mol. The molecule has 3 rings (SSSR count). The molecular weight excluding hydrogens is 378 g/mol. The van der Waals surface area contributed by atoms with Gasteiger partial charge in [-0.25, -0.2) is 8.42 Å². The monoisotopic (exact) mass is 409 g/mol. The molecule has 1 amide bonds. The molecule has 8 heteroatoms. The fraction of sp³-hybridized carbons (Fsp3) is 0.650. The first-order valence-electron chi connectivity index (χ1n) is 9.98. The van der Waals surface area contributed by atoms with Crippen molar-refractivity contribution >= 4 is 15.9 Å². The molecule has 28 heavy (non-hydrogen) atoms. The SMILES string of the molecule is CN1CCN(S(=O)(=O)Cc2ccc(C(=O)N(C)[C@@H]3CCCC[C@H]3O)cc2)CC1. The molecule has 1 aliphatic heterocycles. The summed E-state index contributed by atoms with van der Waals surface area (Å²) in [7, 11) is 0.363.